The molecule has 0 radical (unpaired) electrons. The third-order valence-electron chi connectivity index (χ3n) is 5.89. The van der Waals surface area contributed by atoms with Gasteiger partial charge in [-0.05, 0) is 44.2 Å². The summed E-state index contributed by atoms with van der Waals surface area (Å²) in [5.41, 5.74) is 1.52. The first-order chi connectivity index (χ1) is 19.2. The second-order valence-electron chi connectivity index (χ2n) is 8.73. The van der Waals surface area contributed by atoms with Gasteiger partial charge in [-0.15, -0.1) is 0 Å². The summed E-state index contributed by atoms with van der Waals surface area (Å²) in [6.07, 6.45) is -1.69. The molecule has 206 valence electrons. The molecule has 0 aliphatic heterocycles. The van der Waals surface area contributed by atoms with Crippen LogP contribution in [-0.4, -0.2) is 40.9 Å². The van der Waals surface area contributed by atoms with Gasteiger partial charge in [-0.25, -0.2) is 14.0 Å². The molecule has 11 heteroatoms. The van der Waals surface area contributed by atoms with Gasteiger partial charge < -0.3 is 24.4 Å². The number of carboxylic acid groups (broad SMARTS) is 1. The Hall–Kier alpha value is -5.19. The van der Waals surface area contributed by atoms with Gasteiger partial charge in [-0.1, -0.05) is 53.7 Å². The van der Waals surface area contributed by atoms with E-state index in [4.69, 9.17) is 14.0 Å². The summed E-state index contributed by atoms with van der Waals surface area (Å²) in [6.45, 7) is 2.90. The third kappa shape index (κ3) is 6.81. The van der Waals surface area contributed by atoms with Crippen molar-refractivity contribution in [3.05, 3.63) is 102 Å². The number of aryl methyl sites for hydroxylation is 1. The molecule has 2 unspecified atom stereocenters. The number of aliphatic carboxylic acids is 1. The van der Waals surface area contributed by atoms with E-state index in [1.807, 2.05) is 0 Å². The van der Waals surface area contributed by atoms with E-state index in [0.717, 1.165) is 0 Å². The van der Waals surface area contributed by atoms with Gasteiger partial charge in [0.1, 0.15) is 35.7 Å². The number of benzene rings is 3. The highest BCUT2D eigenvalue weighted by molar-refractivity contribution is 5.97. The van der Waals surface area contributed by atoms with Crippen molar-refractivity contribution in [2.24, 2.45) is 0 Å². The number of aromatic nitrogens is 1. The van der Waals surface area contributed by atoms with Gasteiger partial charge in [0.2, 0.25) is 0 Å². The van der Waals surface area contributed by atoms with Crippen LogP contribution >= 0.6 is 0 Å². The Balaban J connectivity index is 1.41. The maximum atomic E-state index is 14.0. The lowest BCUT2D eigenvalue weighted by atomic mass is 10.1. The fourth-order valence-electron chi connectivity index (χ4n) is 3.76. The lowest BCUT2D eigenvalue weighted by Crippen LogP contribution is -2.44. The van der Waals surface area contributed by atoms with E-state index in [-0.39, 0.29) is 29.2 Å². The number of carboxylic acids is 1. The molecule has 0 aliphatic rings. The molecule has 4 rings (SSSR count). The van der Waals surface area contributed by atoms with Crippen LogP contribution < -0.4 is 15.4 Å². The van der Waals surface area contributed by atoms with Gasteiger partial charge in [0.05, 0.1) is 0 Å². The largest absolute Gasteiger partial charge is 0.491 e. The van der Waals surface area contributed by atoms with Gasteiger partial charge in [0, 0.05) is 16.7 Å². The number of hydrogen-bond acceptors (Lipinski definition) is 7. The molecule has 2 atom stereocenters. The predicted molar refractivity (Wildman–Crippen MR) is 142 cm³/mol. The summed E-state index contributed by atoms with van der Waals surface area (Å²) in [6, 6.07) is 19.4. The maximum absolute atomic E-state index is 14.0. The molecular formula is C29H26FN3O7. The number of carbonyl (C=O) groups is 3. The molecule has 0 spiro atoms. The molecule has 0 bridgehead atoms. The minimum atomic E-state index is -1.28. The number of para-hydroxylation sites is 1. The van der Waals surface area contributed by atoms with Gasteiger partial charge in [0.15, 0.2) is 11.8 Å². The molecule has 3 N–H and O–H groups in total. The quantitative estimate of drug-likeness (QED) is 0.241. The molecule has 0 aliphatic carbocycles. The normalized spacial score (nSPS) is 12.2. The molecule has 0 saturated heterocycles. The molecular weight excluding hydrogens is 521 g/mol. The van der Waals surface area contributed by atoms with E-state index in [9.17, 15) is 23.9 Å². The van der Waals surface area contributed by atoms with Crippen molar-refractivity contribution in [3.63, 3.8) is 0 Å². The minimum Gasteiger partial charge on any atom is -0.491 e. The first-order valence-electron chi connectivity index (χ1n) is 12.2. The molecule has 0 saturated carbocycles. The van der Waals surface area contributed by atoms with E-state index in [1.165, 1.54) is 30.3 Å². The molecule has 0 fully saturated rings. The van der Waals surface area contributed by atoms with Crippen molar-refractivity contribution in [1.29, 1.82) is 0 Å². The zero-order chi connectivity index (χ0) is 28.6. The van der Waals surface area contributed by atoms with Gasteiger partial charge in [-0.3, -0.25) is 10.1 Å². The van der Waals surface area contributed by atoms with Crippen LogP contribution in [0.3, 0.4) is 0 Å². The summed E-state index contributed by atoms with van der Waals surface area (Å²) in [5.74, 6) is -1.67. The number of ether oxygens (including phenoxy) is 2. The van der Waals surface area contributed by atoms with Crippen molar-refractivity contribution >= 4 is 23.7 Å². The van der Waals surface area contributed by atoms with Crippen molar-refractivity contribution in [1.82, 2.24) is 10.5 Å². The molecule has 1 aromatic heterocycles. The van der Waals surface area contributed by atoms with Gasteiger partial charge in [0.25, 0.3) is 5.91 Å². The summed E-state index contributed by atoms with van der Waals surface area (Å²) in [5, 5.41) is 18.4. The SMILES string of the molecule is Cc1noc(-c2ccc(C(=O)NC(COc3ccccc3)C(=O)O)cc2)c1NC(=O)OC(C)c1ccccc1F. The van der Waals surface area contributed by atoms with Crippen molar-refractivity contribution in [2.45, 2.75) is 26.0 Å². The summed E-state index contributed by atoms with van der Waals surface area (Å²) < 4.78 is 30.2. The van der Waals surface area contributed by atoms with Crippen LogP contribution in [0.15, 0.2) is 83.4 Å². The molecule has 1 heterocycles. The van der Waals surface area contributed by atoms with Crippen molar-refractivity contribution in [3.8, 4) is 17.1 Å². The fraction of sp³-hybridized carbons (Fsp3) is 0.172. The van der Waals surface area contributed by atoms with E-state index in [0.29, 0.717) is 17.0 Å². The summed E-state index contributed by atoms with van der Waals surface area (Å²) in [4.78, 5) is 36.9. The summed E-state index contributed by atoms with van der Waals surface area (Å²) >= 11 is 0. The Kier molecular flexibility index (Phi) is 8.75. The van der Waals surface area contributed by atoms with Gasteiger partial charge >= 0.3 is 12.1 Å². The monoisotopic (exact) mass is 547 g/mol. The second kappa shape index (κ2) is 12.6. The summed E-state index contributed by atoms with van der Waals surface area (Å²) in [7, 11) is 0. The van der Waals surface area contributed by atoms with Crippen molar-refractivity contribution in [2.75, 3.05) is 11.9 Å². The second-order valence-corrected chi connectivity index (χ2v) is 8.73. The van der Waals surface area contributed by atoms with Crippen LogP contribution in [0.4, 0.5) is 14.9 Å². The minimum absolute atomic E-state index is 0.193. The topological polar surface area (TPSA) is 140 Å². The Morgan fingerprint density at radius 3 is 2.35 bits per heavy atom. The van der Waals surface area contributed by atoms with Gasteiger partial charge in [-0.2, -0.15) is 0 Å². The van der Waals surface area contributed by atoms with E-state index >= 15 is 0 Å². The van der Waals surface area contributed by atoms with Crippen LogP contribution in [-0.2, 0) is 9.53 Å². The van der Waals surface area contributed by atoms with Crippen LogP contribution in [0.5, 0.6) is 5.75 Å². The Bertz CT molecular complexity index is 1490. The molecule has 2 amide bonds. The van der Waals surface area contributed by atoms with Crippen LogP contribution in [0, 0.1) is 12.7 Å². The first kappa shape index (κ1) is 27.8. The Morgan fingerprint density at radius 2 is 1.68 bits per heavy atom. The van der Waals surface area contributed by atoms with Crippen LogP contribution in [0.25, 0.3) is 11.3 Å². The zero-order valence-corrected chi connectivity index (χ0v) is 21.6. The molecule has 3 aromatic carbocycles. The Morgan fingerprint density at radius 1 is 1.00 bits per heavy atom. The standard InChI is InChI=1S/C29H26FN3O7/c1-17-25(32-29(37)39-18(2)22-10-6-7-11-23(22)30)26(40-33-17)19-12-14-20(15-13-19)27(34)31-24(28(35)36)16-38-21-8-4-3-5-9-21/h3-15,18,24H,16H2,1-2H3,(H,31,34)(H,32,37)(H,35,36). The number of rotatable bonds is 10. The number of nitrogens with one attached hydrogen (secondary N) is 2. The first-order valence-corrected chi connectivity index (χ1v) is 12.2. The number of carbonyl (C=O) groups excluding carboxylic acids is 2. The number of halogens is 1. The number of amides is 2. The smallest absolute Gasteiger partial charge is 0.412 e. The number of hydrogen-bond donors (Lipinski definition) is 3. The zero-order valence-electron chi connectivity index (χ0n) is 21.6. The highest BCUT2D eigenvalue weighted by Gasteiger charge is 2.23. The Labute approximate surface area is 228 Å². The number of anilines is 1. The van der Waals surface area contributed by atoms with Crippen LogP contribution in [0.1, 0.15) is 34.6 Å². The lowest BCUT2D eigenvalue weighted by molar-refractivity contribution is -0.140. The third-order valence-corrected chi connectivity index (χ3v) is 5.89. The molecule has 40 heavy (non-hydrogen) atoms. The lowest BCUT2D eigenvalue weighted by Gasteiger charge is -2.16. The van der Waals surface area contributed by atoms with Crippen LogP contribution in [0.2, 0.25) is 0 Å². The average molecular weight is 548 g/mol. The average Bonchev–Trinajstić information content (AvgIpc) is 3.30. The van der Waals surface area contributed by atoms with Crippen molar-refractivity contribution < 1.29 is 37.9 Å². The van der Waals surface area contributed by atoms with E-state index < -0.39 is 35.9 Å². The molecule has 10 nitrogen and oxygen atoms in total. The molecule has 4 aromatic rings. The maximum Gasteiger partial charge on any atom is 0.412 e. The van der Waals surface area contributed by atoms with E-state index in [2.05, 4.69) is 15.8 Å². The highest BCUT2D eigenvalue weighted by atomic mass is 19.1. The highest BCUT2D eigenvalue weighted by Crippen LogP contribution is 2.32. The predicted octanol–water partition coefficient (Wildman–Crippen LogP) is 5.36. The fourth-order valence-corrected chi connectivity index (χ4v) is 3.76. The number of nitrogens with zero attached hydrogens (tertiary/aromatic N) is 1. The van der Waals surface area contributed by atoms with E-state index in [1.54, 1.807) is 62.4 Å².